The Morgan fingerprint density at radius 1 is 1.36 bits per heavy atom. The van der Waals surface area contributed by atoms with E-state index in [1.807, 2.05) is 11.6 Å². The first-order chi connectivity index (χ1) is 11.8. The highest BCUT2D eigenvalue weighted by Crippen LogP contribution is 2.26. The topological polar surface area (TPSA) is 87.4 Å². The first kappa shape index (κ1) is 17.4. The molecule has 25 heavy (non-hydrogen) atoms. The molecule has 6 nitrogen and oxygen atoms in total. The molecule has 3 aromatic rings. The Balaban J connectivity index is 1.81. The first-order valence-corrected chi connectivity index (χ1v) is 8.05. The third kappa shape index (κ3) is 3.37. The molecule has 3 N–H and O–H groups in total. The van der Waals surface area contributed by atoms with Crippen LogP contribution in [0.5, 0.6) is 0 Å². The smallest absolute Gasteiger partial charge is 0.256 e. The van der Waals surface area contributed by atoms with Gasteiger partial charge < -0.3 is 20.1 Å². The van der Waals surface area contributed by atoms with Gasteiger partial charge in [-0.2, -0.15) is 0 Å². The largest absolute Gasteiger partial charge is 0.393 e. The Morgan fingerprint density at radius 3 is 2.68 bits per heavy atom. The summed E-state index contributed by atoms with van der Waals surface area (Å²) in [5, 5.41) is 23.4. The van der Waals surface area contributed by atoms with Crippen molar-refractivity contribution in [3.05, 3.63) is 58.9 Å². The third-order valence-corrected chi connectivity index (χ3v) is 4.45. The second kappa shape index (κ2) is 6.48. The number of carbonyl (C=O) groups excluding carboxylic acids is 1. The molecule has 1 atom stereocenters. The number of anilines is 1. The van der Waals surface area contributed by atoms with Crippen LogP contribution in [0.1, 0.15) is 22.8 Å². The maximum absolute atomic E-state index is 12.4. The molecular formula is C18H18ClN3O3. The summed E-state index contributed by atoms with van der Waals surface area (Å²) in [5.74, 6) is 0.101. The molecule has 0 aliphatic heterocycles. The van der Waals surface area contributed by atoms with Crippen molar-refractivity contribution >= 4 is 34.2 Å². The van der Waals surface area contributed by atoms with Crippen molar-refractivity contribution in [3.8, 4) is 0 Å². The van der Waals surface area contributed by atoms with Crippen LogP contribution < -0.4 is 5.32 Å². The molecule has 0 radical (unpaired) electrons. The van der Waals surface area contributed by atoms with Crippen LogP contribution in [0.3, 0.4) is 0 Å². The van der Waals surface area contributed by atoms with Gasteiger partial charge in [-0.3, -0.25) is 4.79 Å². The minimum atomic E-state index is -1.34. The fraction of sp³-hybridized carbons (Fsp3) is 0.222. The van der Waals surface area contributed by atoms with Gasteiger partial charge >= 0.3 is 0 Å². The number of halogens is 1. The van der Waals surface area contributed by atoms with Crippen molar-refractivity contribution in [3.63, 3.8) is 0 Å². The summed E-state index contributed by atoms with van der Waals surface area (Å²) >= 11 is 6.11. The zero-order chi connectivity index (χ0) is 18.2. The number of aliphatic hydroxyl groups excluding tert-OH is 1. The molecule has 3 rings (SSSR count). The number of benzene rings is 1. The van der Waals surface area contributed by atoms with Gasteiger partial charge in [-0.1, -0.05) is 23.7 Å². The third-order valence-electron chi connectivity index (χ3n) is 4.14. The molecule has 2 heterocycles. The van der Waals surface area contributed by atoms with E-state index in [1.165, 1.54) is 6.92 Å². The lowest BCUT2D eigenvalue weighted by molar-refractivity contribution is -0.00229. The highest BCUT2D eigenvalue weighted by Gasteiger charge is 2.22. The average Bonchev–Trinajstić information content (AvgIpc) is 2.89. The summed E-state index contributed by atoms with van der Waals surface area (Å²) in [6, 6.07) is 8.15. The molecule has 0 saturated heterocycles. The van der Waals surface area contributed by atoms with Crippen molar-refractivity contribution in [2.24, 2.45) is 7.05 Å². The molecule has 0 fully saturated rings. The number of aryl methyl sites for hydroxylation is 1. The number of nitrogens with one attached hydrogen (secondary N) is 1. The standard InChI is InChI=1S/C18H18ClN3O3/c1-18(25,10-23)12-5-3-11(4-6-12)17(24)21-16-7-15-13(8-20-16)14(19)9-22(15)2/h3-9,23,25H,10H2,1-2H3,(H,20,21,24)/t18-/m0/s1. The zero-order valence-electron chi connectivity index (χ0n) is 13.8. The van der Waals surface area contributed by atoms with Crippen LogP contribution in [0.2, 0.25) is 5.02 Å². The number of rotatable bonds is 4. The van der Waals surface area contributed by atoms with Crippen LogP contribution in [0.4, 0.5) is 5.82 Å². The molecule has 0 spiro atoms. The number of hydrogen-bond acceptors (Lipinski definition) is 4. The monoisotopic (exact) mass is 359 g/mol. The quantitative estimate of drug-likeness (QED) is 0.668. The van der Waals surface area contributed by atoms with Gasteiger partial charge in [0.1, 0.15) is 11.4 Å². The molecule has 0 bridgehead atoms. The lowest BCUT2D eigenvalue weighted by atomic mass is 9.96. The van der Waals surface area contributed by atoms with Crippen LogP contribution in [-0.2, 0) is 12.6 Å². The minimum absolute atomic E-state index is 0.317. The van der Waals surface area contributed by atoms with Gasteiger partial charge in [-0.15, -0.1) is 0 Å². The first-order valence-electron chi connectivity index (χ1n) is 7.67. The molecule has 0 unspecified atom stereocenters. The van der Waals surface area contributed by atoms with Crippen LogP contribution in [0.25, 0.3) is 10.9 Å². The number of pyridine rings is 1. The van der Waals surface area contributed by atoms with Crippen LogP contribution in [0.15, 0.2) is 42.7 Å². The normalized spacial score (nSPS) is 13.6. The molecule has 1 aromatic carbocycles. The van der Waals surface area contributed by atoms with E-state index in [2.05, 4.69) is 10.3 Å². The number of fused-ring (bicyclic) bond motifs is 1. The van der Waals surface area contributed by atoms with Crippen molar-refractivity contribution in [1.29, 1.82) is 0 Å². The van der Waals surface area contributed by atoms with E-state index in [4.69, 9.17) is 11.6 Å². The Hall–Kier alpha value is -2.41. The van der Waals surface area contributed by atoms with E-state index in [-0.39, 0.29) is 5.91 Å². The van der Waals surface area contributed by atoms with E-state index in [1.54, 1.807) is 42.7 Å². The number of aromatic nitrogens is 2. The molecule has 130 valence electrons. The summed E-state index contributed by atoms with van der Waals surface area (Å²) in [6.07, 6.45) is 3.40. The highest BCUT2D eigenvalue weighted by molar-refractivity contribution is 6.35. The molecule has 1 amide bonds. The average molecular weight is 360 g/mol. The van der Waals surface area contributed by atoms with Gasteiger partial charge in [-0.05, 0) is 24.6 Å². The molecule has 0 aliphatic carbocycles. The summed E-state index contributed by atoms with van der Waals surface area (Å²) in [4.78, 5) is 16.6. The van der Waals surface area contributed by atoms with Crippen LogP contribution >= 0.6 is 11.6 Å². The van der Waals surface area contributed by atoms with E-state index >= 15 is 0 Å². The number of aliphatic hydroxyl groups is 2. The van der Waals surface area contributed by atoms with Crippen molar-refractivity contribution in [2.75, 3.05) is 11.9 Å². The van der Waals surface area contributed by atoms with Gasteiger partial charge in [0.25, 0.3) is 5.91 Å². The second-order valence-electron chi connectivity index (χ2n) is 6.14. The SMILES string of the molecule is Cn1cc(Cl)c2cnc(NC(=O)c3ccc([C@@](C)(O)CO)cc3)cc21. The molecule has 2 aromatic heterocycles. The van der Waals surface area contributed by atoms with E-state index in [9.17, 15) is 15.0 Å². The Labute approximate surface area is 149 Å². The van der Waals surface area contributed by atoms with Gasteiger partial charge in [0.15, 0.2) is 0 Å². The van der Waals surface area contributed by atoms with Crippen LogP contribution in [-0.4, -0.2) is 32.3 Å². The van der Waals surface area contributed by atoms with E-state index in [0.29, 0.717) is 22.0 Å². The number of hydrogen-bond donors (Lipinski definition) is 3. The van der Waals surface area contributed by atoms with E-state index in [0.717, 1.165) is 10.9 Å². The summed E-state index contributed by atoms with van der Waals surface area (Å²) in [6.45, 7) is 1.11. The lowest BCUT2D eigenvalue weighted by Gasteiger charge is -2.20. The maximum atomic E-state index is 12.4. The Kier molecular flexibility index (Phi) is 4.51. The summed E-state index contributed by atoms with van der Waals surface area (Å²) in [7, 11) is 1.87. The fourth-order valence-corrected chi connectivity index (χ4v) is 2.85. The fourth-order valence-electron chi connectivity index (χ4n) is 2.56. The van der Waals surface area contributed by atoms with Crippen molar-refractivity contribution in [1.82, 2.24) is 9.55 Å². The molecule has 0 saturated carbocycles. The Morgan fingerprint density at radius 2 is 2.04 bits per heavy atom. The predicted molar refractivity (Wildman–Crippen MR) is 96.8 cm³/mol. The van der Waals surface area contributed by atoms with Gasteiger partial charge in [0, 0.05) is 36.5 Å². The highest BCUT2D eigenvalue weighted by atomic mass is 35.5. The Bertz CT molecular complexity index is 933. The van der Waals surface area contributed by atoms with E-state index < -0.39 is 12.2 Å². The van der Waals surface area contributed by atoms with Crippen molar-refractivity contribution in [2.45, 2.75) is 12.5 Å². The number of carbonyl (C=O) groups is 1. The van der Waals surface area contributed by atoms with Gasteiger partial charge in [0.2, 0.25) is 0 Å². The molecule has 0 aliphatic rings. The molecule has 7 heteroatoms. The maximum Gasteiger partial charge on any atom is 0.256 e. The lowest BCUT2D eigenvalue weighted by Crippen LogP contribution is -2.25. The number of amides is 1. The number of nitrogens with zero attached hydrogens (tertiary/aromatic N) is 2. The summed E-state index contributed by atoms with van der Waals surface area (Å²) in [5.41, 5.74) is 0.478. The van der Waals surface area contributed by atoms with Gasteiger partial charge in [-0.25, -0.2) is 4.98 Å². The molecular weight excluding hydrogens is 342 g/mol. The predicted octanol–water partition coefficient (Wildman–Crippen LogP) is 2.68. The van der Waals surface area contributed by atoms with Crippen LogP contribution in [0, 0.1) is 0 Å². The van der Waals surface area contributed by atoms with Crippen molar-refractivity contribution < 1.29 is 15.0 Å². The minimum Gasteiger partial charge on any atom is -0.393 e. The second-order valence-corrected chi connectivity index (χ2v) is 6.55. The zero-order valence-corrected chi connectivity index (χ0v) is 14.6. The summed E-state index contributed by atoms with van der Waals surface area (Å²) < 4.78 is 1.86. The van der Waals surface area contributed by atoms with Gasteiger partial charge in [0.05, 0.1) is 17.1 Å².